The molecule has 1 fully saturated rings. The van der Waals surface area contributed by atoms with Gasteiger partial charge in [0.25, 0.3) is 5.91 Å². The number of amides is 2. The Hall–Kier alpha value is -1.66. The third kappa shape index (κ3) is 4.15. The van der Waals surface area contributed by atoms with Gasteiger partial charge in [-0.3, -0.25) is 19.8 Å². The normalized spacial score (nSPS) is 19.4. The Kier molecular flexibility index (Phi) is 5.52. The minimum Gasteiger partial charge on any atom is -0.347 e. The maximum absolute atomic E-state index is 12.1. The van der Waals surface area contributed by atoms with Crippen molar-refractivity contribution in [2.24, 2.45) is 7.05 Å². The van der Waals surface area contributed by atoms with E-state index in [1.54, 1.807) is 29.9 Å². The van der Waals surface area contributed by atoms with E-state index in [0.29, 0.717) is 11.7 Å². The number of nitrogens with one attached hydrogen (secondary N) is 2. The number of likely N-dealkylation sites (N-methyl/N-ethyl adjacent to an activating group) is 1. The van der Waals surface area contributed by atoms with Crippen LogP contribution in [0.2, 0.25) is 0 Å². The minimum atomic E-state index is -0.338. The van der Waals surface area contributed by atoms with Crippen LogP contribution in [0.25, 0.3) is 0 Å². The second-order valence-corrected chi connectivity index (χ2v) is 5.56. The van der Waals surface area contributed by atoms with E-state index >= 15 is 0 Å². The zero-order valence-electron chi connectivity index (χ0n) is 12.8. The summed E-state index contributed by atoms with van der Waals surface area (Å²) in [7, 11) is 3.71. The number of nitrogens with zero attached hydrogens (tertiary/aromatic N) is 2. The van der Waals surface area contributed by atoms with Crippen LogP contribution < -0.4 is 10.6 Å². The molecule has 0 bridgehead atoms. The number of rotatable bonds is 5. The van der Waals surface area contributed by atoms with Crippen LogP contribution >= 0.6 is 0 Å². The summed E-state index contributed by atoms with van der Waals surface area (Å²) in [5.41, 5.74) is 0.494. The van der Waals surface area contributed by atoms with E-state index in [4.69, 9.17) is 0 Å². The van der Waals surface area contributed by atoms with Crippen molar-refractivity contribution in [1.82, 2.24) is 20.1 Å². The van der Waals surface area contributed by atoms with Crippen LogP contribution in [0.5, 0.6) is 0 Å². The van der Waals surface area contributed by atoms with Crippen molar-refractivity contribution >= 4 is 11.8 Å². The first-order valence-corrected chi connectivity index (χ1v) is 7.46. The number of imide groups is 1. The van der Waals surface area contributed by atoms with Crippen LogP contribution in [0.3, 0.4) is 0 Å². The molecule has 0 aliphatic carbocycles. The summed E-state index contributed by atoms with van der Waals surface area (Å²) in [4.78, 5) is 26.2. The first-order chi connectivity index (χ1) is 10.1. The van der Waals surface area contributed by atoms with E-state index in [9.17, 15) is 9.59 Å². The predicted octanol–water partition coefficient (Wildman–Crippen LogP) is 0.355. The van der Waals surface area contributed by atoms with E-state index in [-0.39, 0.29) is 18.4 Å². The highest BCUT2D eigenvalue weighted by atomic mass is 16.2. The van der Waals surface area contributed by atoms with Crippen molar-refractivity contribution in [3.63, 3.8) is 0 Å². The average molecular weight is 292 g/mol. The van der Waals surface area contributed by atoms with Gasteiger partial charge in [-0.1, -0.05) is 6.42 Å². The molecule has 21 heavy (non-hydrogen) atoms. The van der Waals surface area contributed by atoms with Crippen LogP contribution in [-0.2, 0) is 11.8 Å². The van der Waals surface area contributed by atoms with Crippen LogP contribution in [0.15, 0.2) is 18.3 Å². The molecule has 0 saturated carbocycles. The van der Waals surface area contributed by atoms with Gasteiger partial charge < -0.3 is 9.88 Å². The lowest BCUT2D eigenvalue weighted by atomic mass is 10.0. The molecule has 1 saturated heterocycles. The quantitative estimate of drug-likeness (QED) is 0.822. The fraction of sp³-hybridized carbons (Fsp3) is 0.600. The smallest absolute Gasteiger partial charge is 0.274 e. The van der Waals surface area contributed by atoms with Gasteiger partial charge in [-0.25, -0.2) is 0 Å². The van der Waals surface area contributed by atoms with E-state index in [2.05, 4.69) is 15.5 Å². The monoisotopic (exact) mass is 292 g/mol. The molecule has 0 radical (unpaired) electrons. The molecule has 2 rings (SSSR count). The Morgan fingerprint density at radius 3 is 2.86 bits per heavy atom. The standard InChI is InChI=1S/C15H24N4O2/c1-16-10-12-6-3-4-9-19(12)11-14(20)17-15(21)13-7-5-8-18(13)2/h5,7-8,12,16H,3-4,6,9-11H2,1-2H3,(H,17,20,21). The van der Waals surface area contributed by atoms with E-state index < -0.39 is 0 Å². The van der Waals surface area contributed by atoms with Crippen LogP contribution in [0.4, 0.5) is 0 Å². The first kappa shape index (κ1) is 15.7. The van der Waals surface area contributed by atoms with Crippen LogP contribution in [0.1, 0.15) is 29.8 Å². The summed E-state index contributed by atoms with van der Waals surface area (Å²) in [6, 6.07) is 3.86. The van der Waals surface area contributed by atoms with Crippen molar-refractivity contribution in [2.75, 3.05) is 26.7 Å². The van der Waals surface area contributed by atoms with Gasteiger partial charge in [0.2, 0.25) is 5.91 Å². The molecular weight excluding hydrogens is 268 g/mol. The molecule has 1 atom stereocenters. The number of piperidine rings is 1. The van der Waals surface area contributed by atoms with Gasteiger partial charge in [-0.05, 0) is 38.6 Å². The van der Waals surface area contributed by atoms with Crippen molar-refractivity contribution in [3.8, 4) is 0 Å². The number of hydrogen-bond donors (Lipinski definition) is 2. The summed E-state index contributed by atoms with van der Waals surface area (Å²) < 4.78 is 1.70. The molecule has 116 valence electrons. The predicted molar refractivity (Wildman–Crippen MR) is 81.0 cm³/mol. The lowest BCUT2D eigenvalue weighted by molar-refractivity contribution is -0.122. The number of aryl methyl sites for hydroxylation is 1. The molecule has 6 nitrogen and oxygen atoms in total. The highest BCUT2D eigenvalue weighted by molar-refractivity contribution is 6.04. The summed E-state index contributed by atoms with van der Waals surface area (Å²) in [5, 5.41) is 5.64. The SMILES string of the molecule is CNCC1CCCCN1CC(=O)NC(=O)c1cccn1C. The third-order valence-electron chi connectivity index (χ3n) is 3.96. The molecular formula is C15H24N4O2. The number of likely N-dealkylation sites (tertiary alicyclic amines) is 1. The van der Waals surface area contributed by atoms with Crippen molar-refractivity contribution in [3.05, 3.63) is 24.0 Å². The molecule has 1 aliphatic rings. The molecule has 2 amide bonds. The van der Waals surface area contributed by atoms with Crippen molar-refractivity contribution in [2.45, 2.75) is 25.3 Å². The van der Waals surface area contributed by atoms with Crippen molar-refractivity contribution < 1.29 is 9.59 Å². The highest BCUT2D eigenvalue weighted by Crippen LogP contribution is 2.15. The molecule has 1 aromatic heterocycles. The Bertz CT molecular complexity index is 496. The zero-order chi connectivity index (χ0) is 15.2. The van der Waals surface area contributed by atoms with Gasteiger partial charge in [-0.2, -0.15) is 0 Å². The highest BCUT2D eigenvalue weighted by Gasteiger charge is 2.24. The molecule has 0 spiro atoms. The van der Waals surface area contributed by atoms with E-state index in [1.165, 1.54) is 6.42 Å². The average Bonchev–Trinajstić information content (AvgIpc) is 2.87. The zero-order valence-corrected chi connectivity index (χ0v) is 12.8. The fourth-order valence-electron chi connectivity index (χ4n) is 2.85. The van der Waals surface area contributed by atoms with Gasteiger partial charge in [0.15, 0.2) is 0 Å². The number of hydrogen-bond acceptors (Lipinski definition) is 4. The summed E-state index contributed by atoms with van der Waals surface area (Å²) in [5.74, 6) is -0.570. The van der Waals surface area contributed by atoms with Gasteiger partial charge >= 0.3 is 0 Å². The molecule has 6 heteroatoms. The van der Waals surface area contributed by atoms with Gasteiger partial charge in [0.05, 0.1) is 6.54 Å². The van der Waals surface area contributed by atoms with Crippen molar-refractivity contribution in [1.29, 1.82) is 0 Å². The topological polar surface area (TPSA) is 66.4 Å². The van der Waals surface area contributed by atoms with Crippen LogP contribution in [-0.4, -0.2) is 54.0 Å². The lowest BCUT2D eigenvalue weighted by Crippen LogP contribution is -2.49. The largest absolute Gasteiger partial charge is 0.347 e. The van der Waals surface area contributed by atoms with Gasteiger partial charge in [-0.15, -0.1) is 0 Å². The molecule has 2 heterocycles. The van der Waals surface area contributed by atoms with Gasteiger partial charge in [0, 0.05) is 25.8 Å². The maximum Gasteiger partial charge on any atom is 0.274 e. The maximum atomic E-state index is 12.1. The van der Waals surface area contributed by atoms with E-state index in [1.807, 2.05) is 7.05 Å². The molecule has 1 aromatic rings. The second-order valence-electron chi connectivity index (χ2n) is 5.56. The van der Waals surface area contributed by atoms with Crippen LogP contribution in [0, 0.1) is 0 Å². The Morgan fingerprint density at radius 2 is 2.19 bits per heavy atom. The lowest BCUT2D eigenvalue weighted by Gasteiger charge is -2.34. The Morgan fingerprint density at radius 1 is 1.38 bits per heavy atom. The second kappa shape index (κ2) is 7.38. The number of carbonyl (C=O) groups is 2. The molecule has 2 N–H and O–H groups in total. The van der Waals surface area contributed by atoms with Gasteiger partial charge in [0.1, 0.15) is 5.69 Å². The molecule has 1 unspecified atom stereocenters. The first-order valence-electron chi connectivity index (χ1n) is 7.46. The summed E-state index contributed by atoms with van der Waals surface area (Å²) >= 11 is 0. The Labute approximate surface area is 125 Å². The molecule has 1 aliphatic heterocycles. The summed E-state index contributed by atoms with van der Waals surface area (Å²) in [6.45, 7) is 2.07. The summed E-state index contributed by atoms with van der Waals surface area (Å²) in [6.07, 6.45) is 5.19. The fourth-order valence-corrected chi connectivity index (χ4v) is 2.85. The number of carbonyl (C=O) groups excluding carboxylic acids is 2. The number of aromatic nitrogens is 1. The van der Waals surface area contributed by atoms with E-state index in [0.717, 1.165) is 25.9 Å². The molecule has 0 aromatic carbocycles. The minimum absolute atomic E-state index is 0.232. The third-order valence-corrected chi connectivity index (χ3v) is 3.96. The Balaban J connectivity index is 1.88.